The SMILES string of the molecule is c1ccc(C2=NC(c3cccc4oc5cc(-n6c7ccccc7c7c8ccccc8c8c9ccccc9oc8c76)ccc5c34)NC(c3ccccc3)=N2)cc1. The molecule has 0 fully saturated rings. The van der Waals surface area contributed by atoms with E-state index in [1.165, 1.54) is 21.5 Å². The number of nitrogens with zero attached hydrogens (tertiary/aromatic N) is 3. The molecule has 1 N–H and O–H groups in total. The zero-order valence-electron chi connectivity index (χ0n) is 29.4. The molecule has 0 aliphatic carbocycles. The predicted octanol–water partition coefficient (Wildman–Crippen LogP) is 12.2. The van der Waals surface area contributed by atoms with E-state index in [4.69, 9.17) is 18.8 Å². The summed E-state index contributed by atoms with van der Waals surface area (Å²) in [5, 5.41) is 12.7. The lowest BCUT2D eigenvalue weighted by molar-refractivity contribution is 0.662. The summed E-state index contributed by atoms with van der Waals surface area (Å²) in [4.78, 5) is 10.2. The van der Waals surface area contributed by atoms with Crippen molar-refractivity contribution >= 4 is 88.1 Å². The number of nitrogens with one attached hydrogen (secondary N) is 1. The molecule has 3 aromatic heterocycles. The van der Waals surface area contributed by atoms with Gasteiger partial charge in [0.15, 0.2) is 11.4 Å². The highest BCUT2D eigenvalue weighted by molar-refractivity contribution is 6.35. The molecule has 0 saturated carbocycles. The predicted molar refractivity (Wildman–Crippen MR) is 225 cm³/mol. The van der Waals surface area contributed by atoms with Crippen LogP contribution < -0.4 is 5.32 Å². The normalized spacial score (nSPS) is 14.7. The van der Waals surface area contributed by atoms with E-state index in [0.717, 1.165) is 83.1 Å². The molecule has 1 unspecified atom stereocenters. The van der Waals surface area contributed by atoms with Gasteiger partial charge in [0.25, 0.3) is 0 Å². The van der Waals surface area contributed by atoms with E-state index >= 15 is 0 Å². The lowest BCUT2D eigenvalue weighted by atomic mass is 9.99. The molecule has 0 saturated heterocycles. The third-order valence-corrected chi connectivity index (χ3v) is 11.0. The molecule has 0 radical (unpaired) electrons. The minimum absolute atomic E-state index is 0.390. The number of aliphatic imine (C=N–C) groups is 2. The van der Waals surface area contributed by atoms with Crippen LogP contribution in [0.3, 0.4) is 0 Å². The van der Waals surface area contributed by atoms with Crippen molar-refractivity contribution in [3.05, 3.63) is 187 Å². The molecule has 11 aromatic rings. The molecule has 0 spiro atoms. The Hall–Kier alpha value is -7.44. The number of furan rings is 2. The summed E-state index contributed by atoms with van der Waals surface area (Å²) in [6.07, 6.45) is -0.390. The Labute approximate surface area is 314 Å². The summed E-state index contributed by atoms with van der Waals surface area (Å²) >= 11 is 0. The number of hydrogen-bond donors (Lipinski definition) is 1. The van der Waals surface area contributed by atoms with Crippen LogP contribution in [-0.4, -0.2) is 16.2 Å². The van der Waals surface area contributed by atoms with Gasteiger partial charge in [0.1, 0.15) is 28.8 Å². The number of fused-ring (bicyclic) bond motifs is 13. The van der Waals surface area contributed by atoms with Gasteiger partial charge in [0.2, 0.25) is 0 Å². The highest BCUT2D eigenvalue weighted by atomic mass is 16.3. The molecule has 0 amide bonds. The van der Waals surface area contributed by atoms with Crippen LogP contribution in [0.1, 0.15) is 22.9 Å². The van der Waals surface area contributed by atoms with Crippen molar-refractivity contribution in [1.29, 1.82) is 0 Å². The summed E-state index contributed by atoms with van der Waals surface area (Å²) in [5.41, 5.74) is 9.50. The highest BCUT2D eigenvalue weighted by Gasteiger charge is 2.26. The highest BCUT2D eigenvalue weighted by Crippen LogP contribution is 2.46. The van der Waals surface area contributed by atoms with E-state index in [1.807, 2.05) is 54.6 Å². The molecule has 55 heavy (non-hydrogen) atoms. The van der Waals surface area contributed by atoms with Crippen molar-refractivity contribution in [3.8, 4) is 5.69 Å². The second-order valence-electron chi connectivity index (χ2n) is 14.1. The van der Waals surface area contributed by atoms with E-state index in [0.29, 0.717) is 5.84 Å². The Morgan fingerprint density at radius 1 is 0.491 bits per heavy atom. The van der Waals surface area contributed by atoms with Gasteiger partial charge in [-0.3, -0.25) is 0 Å². The summed E-state index contributed by atoms with van der Waals surface area (Å²) in [6.45, 7) is 0. The van der Waals surface area contributed by atoms with Crippen LogP contribution in [-0.2, 0) is 0 Å². The number of aromatic nitrogens is 1. The van der Waals surface area contributed by atoms with Gasteiger partial charge in [-0.1, -0.05) is 133 Å². The maximum absolute atomic E-state index is 6.79. The Kier molecular flexibility index (Phi) is 6.30. The summed E-state index contributed by atoms with van der Waals surface area (Å²) in [6, 6.07) is 58.8. The van der Waals surface area contributed by atoms with Crippen molar-refractivity contribution in [2.75, 3.05) is 0 Å². The van der Waals surface area contributed by atoms with Crippen molar-refractivity contribution in [3.63, 3.8) is 0 Å². The van der Waals surface area contributed by atoms with Crippen LogP contribution in [0.25, 0.3) is 82.1 Å². The third kappa shape index (κ3) is 4.42. The summed E-state index contributed by atoms with van der Waals surface area (Å²) in [7, 11) is 0. The van der Waals surface area contributed by atoms with Crippen molar-refractivity contribution in [1.82, 2.24) is 9.88 Å². The van der Waals surface area contributed by atoms with Gasteiger partial charge in [0.05, 0.1) is 16.7 Å². The third-order valence-electron chi connectivity index (χ3n) is 11.0. The molecular formula is C49H30N4O2. The van der Waals surface area contributed by atoms with Gasteiger partial charge >= 0.3 is 0 Å². The van der Waals surface area contributed by atoms with Crippen LogP contribution >= 0.6 is 0 Å². The summed E-state index contributed by atoms with van der Waals surface area (Å²) in [5.74, 6) is 1.47. The minimum Gasteiger partial charge on any atom is -0.456 e. The standard InChI is InChI=1S/C49H30N4O2/c1-3-14-29(15-4-1)47-50-48(30-16-5-2-6-17-30)52-49(51-47)37-22-13-25-40-42(37)36-27-26-31(28-41(36)54-40)53-38-23-11-9-20-34(38)43-32-18-7-8-19-33(32)44-35-21-10-12-24-39(35)55-46(44)45(43)53/h1-28,49H,(H,50,51,52). The van der Waals surface area contributed by atoms with E-state index in [1.54, 1.807) is 0 Å². The Bertz CT molecular complexity index is 3410. The van der Waals surface area contributed by atoms with Crippen LogP contribution in [0.4, 0.5) is 0 Å². The molecule has 6 nitrogen and oxygen atoms in total. The molecule has 1 atom stereocenters. The molecule has 1 aliphatic heterocycles. The second-order valence-corrected chi connectivity index (χ2v) is 14.1. The number of hydrogen-bond acceptors (Lipinski definition) is 5. The Morgan fingerprint density at radius 2 is 1.15 bits per heavy atom. The lowest BCUT2D eigenvalue weighted by Gasteiger charge is -2.24. The first-order valence-electron chi connectivity index (χ1n) is 18.5. The molecule has 1 aliphatic rings. The number of rotatable bonds is 4. The maximum atomic E-state index is 6.79. The summed E-state index contributed by atoms with van der Waals surface area (Å²) < 4.78 is 15.9. The zero-order valence-corrected chi connectivity index (χ0v) is 29.4. The Morgan fingerprint density at radius 3 is 1.96 bits per heavy atom. The van der Waals surface area contributed by atoms with Crippen LogP contribution in [0.2, 0.25) is 0 Å². The van der Waals surface area contributed by atoms with Gasteiger partial charge in [-0.25, -0.2) is 9.98 Å². The molecule has 258 valence electrons. The second kappa shape index (κ2) is 11.5. The van der Waals surface area contributed by atoms with Gasteiger partial charge in [-0.15, -0.1) is 0 Å². The molecule has 6 heteroatoms. The van der Waals surface area contributed by atoms with Gasteiger partial charge in [-0.05, 0) is 41.1 Å². The van der Waals surface area contributed by atoms with E-state index in [9.17, 15) is 0 Å². The topological polar surface area (TPSA) is 68.0 Å². The van der Waals surface area contributed by atoms with Crippen molar-refractivity contribution < 1.29 is 8.83 Å². The van der Waals surface area contributed by atoms with Crippen LogP contribution in [0.5, 0.6) is 0 Å². The largest absolute Gasteiger partial charge is 0.456 e. The quantitative estimate of drug-likeness (QED) is 0.198. The first-order valence-corrected chi connectivity index (χ1v) is 18.5. The lowest BCUT2D eigenvalue weighted by Crippen LogP contribution is -2.33. The number of benzene rings is 8. The number of amidine groups is 2. The van der Waals surface area contributed by atoms with E-state index in [-0.39, 0.29) is 6.17 Å². The van der Waals surface area contributed by atoms with Crippen LogP contribution in [0, 0.1) is 0 Å². The fraction of sp³-hybridized carbons (Fsp3) is 0.0204. The fourth-order valence-electron chi connectivity index (χ4n) is 8.67. The average molecular weight is 707 g/mol. The van der Waals surface area contributed by atoms with E-state index < -0.39 is 0 Å². The fourth-order valence-corrected chi connectivity index (χ4v) is 8.67. The van der Waals surface area contributed by atoms with Gasteiger partial charge < -0.3 is 18.7 Å². The van der Waals surface area contributed by atoms with Crippen molar-refractivity contribution in [2.45, 2.75) is 6.17 Å². The molecule has 12 rings (SSSR count). The molecular weight excluding hydrogens is 677 g/mol. The first kappa shape index (κ1) is 30.1. The first-order chi connectivity index (χ1) is 27.3. The van der Waals surface area contributed by atoms with E-state index in [2.05, 4.69) is 125 Å². The zero-order chi connectivity index (χ0) is 36.0. The average Bonchev–Trinajstić information content (AvgIpc) is 3.94. The number of para-hydroxylation sites is 2. The van der Waals surface area contributed by atoms with Gasteiger partial charge in [0, 0.05) is 55.1 Å². The smallest absolute Gasteiger partial charge is 0.160 e. The van der Waals surface area contributed by atoms with Crippen molar-refractivity contribution in [2.24, 2.45) is 9.98 Å². The molecule has 4 heterocycles. The molecule has 0 bridgehead atoms. The maximum Gasteiger partial charge on any atom is 0.160 e. The van der Waals surface area contributed by atoms with Gasteiger partial charge in [-0.2, -0.15) is 0 Å². The Balaban J connectivity index is 1.09. The van der Waals surface area contributed by atoms with Crippen LogP contribution in [0.15, 0.2) is 189 Å². The minimum atomic E-state index is -0.390. The molecule has 8 aromatic carbocycles. The monoisotopic (exact) mass is 706 g/mol.